The summed E-state index contributed by atoms with van der Waals surface area (Å²) in [4.78, 5) is 26.0. The molecule has 0 fully saturated rings. The number of ether oxygens (including phenoxy) is 1. The monoisotopic (exact) mass is 530 g/mol. The van der Waals surface area contributed by atoms with Gasteiger partial charge in [-0.05, 0) is 82.8 Å². The number of carbonyl (C=O) groups is 2. The molecule has 0 aliphatic rings. The van der Waals surface area contributed by atoms with Crippen LogP contribution in [0.15, 0.2) is 72.9 Å². The Hall–Kier alpha value is -2.84. The summed E-state index contributed by atoms with van der Waals surface area (Å²) in [7, 11) is 1.54. The van der Waals surface area contributed by atoms with Gasteiger partial charge < -0.3 is 14.5 Å². The molecule has 0 spiro atoms. The van der Waals surface area contributed by atoms with E-state index in [9.17, 15) is 9.59 Å². The number of hydrogen-bond acceptors (Lipinski definition) is 3. The Morgan fingerprint density at radius 2 is 1.80 bits per heavy atom. The number of pyridine rings is 1. The van der Waals surface area contributed by atoms with Gasteiger partial charge in [-0.3, -0.25) is 9.59 Å². The Balaban J connectivity index is 1.78. The van der Waals surface area contributed by atoms with Gasteiger partial charge >= 0.3 is 0 Å². The van der Waals surface area contributed by atoms with Gasteiger partial charge in [-0.1, -0.05) is 23.7 Å². The third-order valence-electron chi connectivity index (χ3n) is 4.67. The summed E-state index contributed by atoms with van der Waals surface area (Å²) in [6.07, 6.45) is 1.76. The fraction of sp³-hybridized carbons (Fsp3) is 0.0435. The largest absolute Gasteiger partial charge is 0.495 e. The highest BCUT2D eigenvalue weighted by molar-refractivity contribution is 14.1. The first-order chi connectivity index (χ1) is 14.5. The van der Waals surface area contributed by atoms with Crippen LogP contribution < -0.4 is 10.1 Å². The normalized spacial score (nSPS) is 10.8. The minimum absolute atomic E-state index is 0.273. The van der Waals surface area contributed by atoms with Crippen molar-refractivity contribution in [3.05, 3.63) is 87.2 Å². The SMILES string of the molecule is COc1ccc(-c2cc3ccccn3c2C(=O)C(=O)Nc2ccc(I)cc2)cc1Cl. The molecule has 0 aliphatic heterocycles. The average molecular weight is 531 g/mol. The summed E-state index contributed by atoms with van der Waals surface area (Å²) in [6, 6.07) is 19.9. The third-order valence-corrected chi connectivity index (χ3v) is 5.68. The number of ketones is 1. The van der Waals surface area contributed by atoms with Crippen LogP contribution in [0.2, 0.25) is 5.02 Å². The van der Waals surface area contributed by atoms with Gasteiger partial charge in [0.2, 0.25) is 0 Å². The lowest BCUT2D eigenvalue weighted by atomic mass is 10.0. The predicted octanol–water partition coefficient (Wildman–Crippen LogP) is 5.69. The molecule has 2 aromatic carbocycles. The Kier molecular flexibility index (Phi) is 5.78. The van der Waals surface area contributed by atoms with E-state index in [-0.39, 0.29) is 5.69 Å². The van der Waals surface area contributed by atoms with Crippen molar-refractivity contribution in [2.75, 3.05) is 12.4 Å². The molecule has 2 heterocycles. The number of aromatic nitrogens is 1. The minimum atomic E-state index is -0.707. The molecule has 1 amide bonds. The molecule has 0 aliphatic carbocycles. The molecule has 0 atom stereocenters. The van der Waals surface area contributed by atoms with E-state index in [1.54, 1.807) is 34.9 Å². The van der Waals surface area contributed by atoms with Crippen molar-refractivity contribution in [2.45, 2.75) is 0 Å². The molecule has 5 nitrogen and oxygen atoms in total. The van der Waals surface area contributed by atoms with Crippen LogP contribution in [-0.2, 0) is 4.79 Å². The summed E-state index contributed by atoms with van der Waals surface area (Å²) >= 11 is 8.47. The average Bonchev–Trinajstić information content (AvgIpc) is 3.14. The molecule has 1 N–H and O–H groups in total. The lowest BCUT2D eigenvalue weighted by Crippen LogP contribution is -2.24. The topological polar surface area (TPSA) is 59.8 Å². The molecule has 2 aromatic heterocycles. The Bertz CT molecular complexity index is 1270. The van der Waals surface area contributed by atoms with Crippen LogP contribution >= 0.6 is 34.2 Å². The van der Waals surface area contributed by atoms with Crippen LogP contribution in [-0.4, -0.2) is 23.2 Å². The zero-order chi connectivity index (χ0) is 21.3. The predicted molar refractivity (Wildman–Crippen MR) is 127 cm³/mol. The molecule has 150 valence electrons. The number of anilines is 1. The second-order valence-electron chi connectivity index (χ2n) is 6.54. The first kappa shape index (κ1) is 20.4. The molecule has 30 heavy (non-hydrogen) atoms. The molecule has 4 aromatic rings. The molecular weight excluding hydrogens is 515 g/mol. The van der Waals surface area contributed by atoms with Gasteiger partial charge in [-0.25, -0.2) is 0 Å². The number of fused-ring (bicyclic) bond motifs is 1. The van der Waals surface area contributed by atoms with Crippen molar-refractivity contribution in [3.8, 4) is 16.9 Å². The maximum Gasteiger partial charge on any atom is 0.298 e. The number of amides is 1. The van der Waals surface area contributed by atoms with Crippen molar-refractivity contribution in [2.24, 2.45) is 0 Å². The second-order valence-corrected chi connectivity index (χ2v) is 8.19. The molecule has 0 bridgehead atoms. The van der Waals surface area contributed by atoms with E-state index in [1.807, 2.05) is 42.5 Å². The number of hydrogen-bond donors (Lipinski definition) is 1. The van der Waals surface area contributed by atoms with Crippen molar-refractivity contribution in [3.63, 3.8) is 0 Å². The molecule has 0 saturated heterocycles. The summed E-state index contributed by atoms with van der Waals surface area (Å²) < 4.78 is 7.96. The van der Waals surface area contributed by atoms with Gasteiger partial charge in [-0.15, -0.1) is 0 Å². The smallest absolute Gasteiger partial charge is 0.298 e. The molecule has 0 radical (unpaired) electrons. The first-order valence-corrected chi connectivity index (χ1v) is 10.5. The van der Waals surface area contributed by atoms with Gasteiger partial charge in [0, 0.05) is 26.5 Å². The first-order valence-electron chi connectivity index (χ1n) is 9.03. The lowest BCUT2D eigenvalue weighted by molar-refractivity contribution is -0.112. The van der Waals surface area contributed by atoms with E-state index < -0.39 is 11.7 Å². The highest BCUT2D eigenvalue weighted by atomic mass is 127. The number of nitrogens with one attached hydrogen (secondary N) is 1. The highest BCUT2D eigenvalue weighted by Gasteiger charge is 2.25. The number of rotatable bonds is 5. The van der Waals surface area contributed by atoms with E-state index >= 15 is 0 Å². The van der Waals surface area contributed by atoms with Crippen molar-refractivity contribution < 1.29 is 14.3 Å². The molecule has 0 saturated carbocycles. The fourth-order valence-corrected chi connectivity index (χ4v) is 3.86. The molecule has 4 rings (SSSR count). The van der Waals surface area contributed by atoms with Gasteiger partial charge in [-0.2, -0.15) is 0 Å². The van der Waals surface area contributed by atoms with Crippen molar-refractivity contribution >= 4 is 57.1 Å². The molecule has 0 unspecified atom stereocenters. The summed E-state index contributed by atoms with van der Waals surface area (Å²) in [5.41, 5.74) is 2.96. The maximum absolute atomic E-state index is 13.2. The van der Waals surface area contributed by atoms with Crippen molar-refractivity contribution in [1.82, 2.24) is 4.40 Å². The number of halogens is 2. The lowest BCUT2D eigenvalue weighted by Gasteiger charge is -2.09. The van der Waals surface area contributed by atoms with E-state index in [0.29, 0.717) is 22.0 Å². The zero-order valence-electron chi connectivity index (χ0n) is 15.9. The van der Waals surface area contributed by atoms with E-state index in [1.165, 1.54) is 7.11 Å². The number of benzene rings is 2. The number of Topliss-reactive ketones (excluding diaryl/α,β-unsaturated/α-hetero) is 1. The van der Waals surface area contributed by atoms with Gasteiger partial charge in [0.1, 0.15) is 11.4 Å². The minimum Gasteiger partial charge on any atom is -0.495 e. The highest BCUT2D eigenvalue weighted by Crippen LogP contribution is 2.34. The van der Waals surface area contributed by atoms with Crippen LogP contribution in [0.4, 0.5) is 5.69 Å². The van der Waals surface area contributed by atoms with Gasteiger partial charge in [0.25, 0.3) is 11.7 Å². The zero-order valence-corrected chi connectivity index (χ0v) is 18.8. The van der Waals surface area contributed by atoms with Gasteiger partial charge in [0.05, 0.1) is 12.1 Å². The van der Waals surface area contributed by atoms with E-state index in [0.717, 1.165) is 14.7 Å². The fourth-order valence-electron chi connectivity index (χ4n) is 3.24. The van der Waals surface area contributed by atoms with Crippen LogP contribution in [0.3, 0.4) is 0 Å². The van der Waals surface area contributed by atoms with E-state index in [4.69, 9.17) is 16.3 Å². The van der Waals surface area contributed by atoms with Gasteiger partial charge in [0.15, 0.2) is 0 Å². The Morgan fingerprint density at radius 3 is 2.50 bits per heavy atom. The third kappa shape index (κ3) is 3.93. The molecular formula is C23H16ClIN2O3. The van der Waals surface area contributed by atoms with Crippen molar-refractivity contribution in [1.29, 1.82) is 0 Å². The summed E-state index contributed by atoms with van der Waals surface area (Å²) in [5, 5.41) is 3.10. The quantitative estimate of drug-likeness (QED) is 0.205. The number of nitrogens with zero attached hydrogens (tertiary/aromatic N) is 1. The van der Waals surface area contributed by atoms with Crippen LogP contribution in [0.5, 0.6) is 5.75 Å². The maximum atomic E-state index is 13.2. The number of carbonyl (C=O) groups excluding carboxylic acids is 2. The van der Waals surface area contributed by atoms with Crippen LogP contribution in [0.1, 0.15) is 10.5 Å². The second kappa shape index (κ2) is 8.49. The van der Waals surface area contributed by atoms with Crippen LogP contribution in [0, 0.1) is 3.57 Å². The summed E-state index contributed by atoms with van der Waals surface area (Å²) in [6.45, 7) is 0. The molecule has 7 heteroatoms. The Labute approximate surface area is 191 Å². The summed E-state index contributed by atoms with van der Waals surface area (Å²) in [5.74, 6) is -0.809. The van der Waals surface area contributed by atoms with Crippen LogP contribution in [0.25, 0.3) is 16.6 Å². The van der Waals surface area contributed by atoms with E-state index in [2.05, 4.69) is 27.9 Å². The standard InChI is InChI=1S/C23H16ClIN2O3/c1-30-20-10-5-14(12-19(20)24)18-13-17-4-2-3-11-27(17)21(18)22(28)23(29)26-16-8-6-15(25)7-9-16/h2-13H,1H3,(H,26,29). The number of methoxy groups -OCH3 is 1. The Morgan fingerprint density at radius 1 is 1.03 bits per heavy atom.